The Morgan fingerprint density at radius 3 is 2.38 bits per heavy atom. The van der Waals surface area contributed by atoms with Crippen molar-refractivity contribution in [3.8, 4) is 0 Å². The Hall–Kier alpha value is -0.370. The van der Waals surface area contributed by atoms with Crippen molar-refractivity contribution < 1.29 is 9.90 Å². The zero-order chi connectivity index (χ0) is 10.0. The third-order valence-electron chi connectivity index (χ3n) is 3.94. The van der Waals surface area contributed by atoms with Crippen LogP contribution in [0.25, 0.3) is 0 Å². The van der Waals surface area contributed by atoms with E-state index in [1.807, 2.05) is 0 Å². The van der Waals surface area contributed by atoms with Gasteiger partial charge in [-0.1, -0.05) is 20.8 Å². The molecule has 1 aliphatic carbocycles. The lowest BCUT2D eigenvalue weighted by Crippen LogP contribution is -2.38. The molecule has 0 heterocycles. The van der Waals surface area contributed by atoms with Gasteiger partial charge in [-0.2, -0.15) is 0 Å². The van der Waals surface area contributed by atoms with Gasteiger partial charge in [0.2, 0.25) is 0 Å². The summed E-state index contributed by atoms with van der Waals surface area (Å²) in [5.41, 5.74) is 0. The van der Waals surface area contributed by atoms with Gasteiger partial charge in [0.05, 0.1) is 0 Å². The Bertz CT molecular complexity index is 177. The molecule has 76 valence electrons. The van der Waals surface area contributed by atoms with E-state index in [0.29, 0.717) is 17.8 Å². The van der Waals surface area contributed by atoms with Gasteiger partial charge in [0.15, 0.2) is 0 Å². The first kappa shape index (κ1) is 10.7. The maximum atomic E-state index is 10.9. The number of rotatable bonds is 2. The van der Waals surface area contributed by atoms with Crippen LogP contribution in [0.4, 0.5) is 0 Å². The summed E-state index contributed by atoms with van der Waals surface area (Å²) in [5.74, 6) is 1.90. The van der Waals surface area contributed by atoms with Crippen molar-refractivity contribution in [3.63, 3.8) is 0 Å². The van der Waals surface area contributed by atoms with Crippen LogP contribution in [0.1, 0.15) is 27.2 Å². The van der Waals surface area contributed by atoms with E-state index in [0.717, 1.165) is 12.7 Å². The summed E-state index contributed by atoms with van der Waals surface area (Å²) in [6.45, 7) is 6.71. The van der Waals surface area contributed by atoms with Crippen LogP contribution in [0.5, 0.6) is 0 Å². The van der Waals surface area contributed by atoms with Crippen LogP contribution in [0.2, 0.25) is 0 Å². The van der Waals surface area contributed by atoms with E-state index in [1.54, 1.807) is 0 Å². The van der Waals surface area contributed by atoms with Crippen molar-refractivity contribution in [1.82, 2.24) is 0 Å². The highest BCUT2D eigenvalue weighted by molar-refractivity contribution is 5.55. The minimum Gasteiger partial charge on any atom is -0.396 e. The fourth-order valence-corrected chi connectivity index (χ4v) is 2.58. The van der Waals surface area contributed by atoms with Gasteiger partial charge in [-0.05, 0) is 30.1 Å². The van der Waals surface area contributed by atoms with E-state index in [2.05, 4.69) is 20.8 Å². The molecule has 1 aliphatic rings. The predicted octanol–water partition coefficient (Wildman–Crippen LogP) is 1.72. The van der Waals surface area contributed by atoms with Crippen molar-refractivity contribution >= 4 is 6.29 Å². The molecule has 0 aromatic rings. The molecule has 1 saturated carbocycles. The van der Waals surface area contributed by atoms with Gasteiger partial charge in [-0.15, -0.1) is 0 Å². The van der Waals surface area contributed by atoms with Gasteiger partial charge in [0.1, 0.15) is 6.29 Å². The molecule has 0 spiro atoms. The number of carbonyl (C=O) groups is 1. The number of carbonyl (C=O) groups excluding carboxylic acids is 1. The molecule has 0 aliphatic heterocycles. The van der Waals surface area contributed by atoms with E-state index >= 15 is 0 Å². The first-order chi connectivity index (χ1) is 6.11. The van der Waals surface area contributed by atoms with Crippen molar-refractivity contribution in [2.75, 3.05) is 6.61 Å². The molecule has 0 bridgehead atoms. The average Bonchev–Trinajstić information content (AvgIpc) is 2.13. The predicted molar refractivity (Wildman–Crippen MR) is 52.2 cm³/mol. The highest BCUT2D eigenvalue weighted by Crippen LogP contribution is 2.40. The molecule has 0 aromatic carbocycles. The Morgan fingerprint density at radius 2 is 1.92 bits per heavy atom. The Labute approximate surface area is 80.3 Å². The molecule has 0 saturated heterocycles. The monoisotopic (exact) mass is 184 g/mol. The second-order valence-corrected chi connectivity index (χ2v) is 4.59. The maximum Gasteiger partial charge on any atom is 0.123 e. The number of aliphatic hydroxyl groups is 1. The van der Waals surface area contributed by atoms with Crippen molar-refractivity contribution in [3.05, 3.63) is 0 Å². The summed E-state index contributed by atoms with van der Waals surface area (Å²) in [6.07, 6.45) is 2.03. The Kier molecular flexibility index (Phi) is 3.48. The van der Waals surface area contributed by atoms with E-state index < -0.39 is 0 Å². The van der Waals surface area contributed by atoms with E-state index in [9.17, 15) is 4.79 Å². The summed E-state index contributed by atoms with van der Waals surface area (Å²) >= 11 is 0. The summed E-state index contributed by atoms with van der Waals surface area (Å²) < 4.78 is 0. The molecule has 2 heteroatoms. The lowest BCUT2D eigenvalue weighted by atomic mass is 9.64. The molecule has 5 unspecified atom stereocenters. The first-order valence-electron chi connectivity index (χ1n) is 5.18. The lowest BCUT2D eigenvalue weighted by Gasteiger charge is -2.40. The maximum absolute atomic E-state index is 10.9. The highest BCUT2D eigenvalue weighted by Gasteiger charge is 2.37. The van der Waals surface area contributed by atoms with Crippen molar-refractivity contribution in [2.45, 2.75) is 27.2 Å². The van der Waals surface area contributed by atoms with Crippen LogP contribution in [-0.4, -0.2) is 18.0 Å². The highest BCUT2D eigenvalue weighted by atomic mass is 16.3. The van der Waals surface area contributed by atoms with Gasteiger partial charge in [-0.25, -0.2) is 0 Å². The third-order valence-corrected chi connectivity index (χ3v) is 3.94. The summed E-state index contributed by atoms with van der Waals surface area (Å²) in [4.78, 5) is 10.9. The van der Waals surface area contributed by atoms with Crippen LogP contribution in [0.3, 0.4) is 0 Å². The molecule has 5 atom stereocenters. The van der Waals surface area contributed by atoms with Crippen molar-refractivity contribution in [1.29, 1.82) is 0 Å². The SMILES string of the molecule is CC1CC(CO)C(C=O)C(C)C1C. The lowest BCUT2D eigenvalue weighted by molar-refractivity contribution is -0.118. The molecule has 13 heavy (non-hydrogen) atoms. The molecule has 0 aromatic heterocycles. The normalized spacial score (nSPS) is 46.0. The number of hydrogen-bond donors (Lipinski definition) is 1. The average molecular weight is 184 g/mol. The zero-order valence-electron chi connectivity index (χ0n) is 8.73. The van der Waals surface area contributed by atoms with Crippen molar-refractivity contribution in [2.24, 2.45) is 29.6 Å². The standard InChI is InChI=1S/C11H20O2/c1-7-4-10(5-12)11(6-13)9(3)8(7)2/h6-12H,4-5H2,1-3H3. The van der Waals surface area contributed by atoms with Gasteiger partial charge in [-0.3, -0.25) is 0 Å². The summed E-state index contributed by atoms with van der Waals surface area (Å²) in [7, 11) is 0. The van der Waals surface area contributed by atoms with Gasteiger partial charge >= 0.3 is 0 Å². The molecule has 0 amide bonds. The van der Waals surface area contributed by atoms with Gasteiger partial charge in [0.25, 0.3) is 0 Å². The Balaban J connectivity index is 2.74. The van der Waals surface area contributed by atoms with Crippen LogP contribution in [0.15, 0.2) is 0 Å². The number of aldehydes is 1. The molecular formula is C11H20O2. The zero-order valence-corrected chi connectivity index (χ0v) is 8.73. The van der Waals surface area contributed by atoms with E-state index in [-0.39, 0.29) is 18.4 Å². The van der Waals surface area contributed by atoms with Crippen LogP contribution in [0, 0.1) is 29.6 Å². The van der Waals surface area contributed by atoms with Gasteiger partial charge in [0, 0.05) is 12.5 Å². The fraction of sp³-hybridized carbons (Fsp3) is 0.909. The second-order valence-electron chi connectivity index (χ2n) is 4.59. The summed E-state index contributed by atoms with van der Waals surface area (Å²) in [5, 5.41) is 9.16. The minimum atomic E-state index is 0.0659. The van der Waals surface area contributed by atoms with E-state index in [1.165, 1.54) is 0 Å². The Morgan fingerprint density at radius 1 is 1.31 bits per heavy atom. The molecule has 0 radical (unpaired) electrons. The van der Waals surface area contributed by atoms with Crippen LogP contribution in [-0.2, 0) is 4.79 Å². The molecular weight excluding hydrogens is 164 g/mol. The van der Waals surface area contributed by atoms with E-state index in [4.69, 9.17) is 5.11 Å². The smallest absolute Gasteiger partial charge is 0.123 e. The first-order valence-corrected chi connectivity index (χ1v) is 5.18. The van der Waals surface area contributed by atoms with Gasteiger partial charge < -0.3 is 9.90 Å². The fourth-order valence-electron chi connectivity index (χ4n) is 2.58. The molecule has 1 N–H and O–H groups in total. The molecule has 2 nitrogen and oxygen atoms in total. The second kappa shape index (κ2) is 4.23. The molecule has 1 rings (SSSR count). The summed E-state index contributed by atoms with van der Waals surface area (Å²) in [6, 6.07) is 0. The topological polar surface area (TPSA) is 37.3 Å². The number of hydrogen-bond acceptors (Lipinski definition) is 2. The largest absolute Gasteiger partial charge is 0.396 e. The van der Waals surface area contributed by atoms with Crippen LogP contribution >= 0.6 is 0 Å². The van der Waals surface area contributed by atoms with Crippen LogP contribution < -0.4 is 0 Å². The quantitative estimate of drug-likeness (QED) is 0.663. The molecule has 1 fully saturated rings. The third kappa shape index (κ3) is 1.93. The minimum absolute atomic E-state index is 0.0659. The number of aliphatic hydroxyl groups excluding tert-OH is 1.